The summed E-state index contributed by atoms with van der Waals surface area (Å²) in [7, 11) is 0. The molecule has 2 amide bonds. The van der Waals surface area contributed by atoms with Crippen molar-refractivity contribution in [1.29, 1.82) is 0 Å². The molecule has 2 aliphatic rings. The molecule has 25 heavy (non-hydrogen) atoms. The van der Waals surface area contributed by atoms with Crippen molar-refractivity contribution in [3.8, 4) is 0 Å². The first kappa shape index (κ1) is 17.9. The Labute approximate surface area is 148 Å². The van der Waals surface area contributed by atoms with Gasteiger partial charge in [-0.25, -0.2) is 4.39 Å². The van der Waals surface area contributed by atoms with Gasteiger partial charge in [-0.15, -0.1) is 0 Å². The van der Waals surface area contributed by atoms with Crippen LogP contribution >= 0.6 is 0 Å². The second-order valence-corrected chi connectivity index (χ2v) is 7.55. The van der Waals surface area contributed by atoms with Crippen molar-refractivity contribution in [2.45, 2.75) is 39.3 Å². The van der Waals surface area contributed by atoms with Gasteiger partial charge in [-0.3, -0.25) is 14.5 Å². The summed E-state index contributed by atoms with van der Waals surface area (Å²) in [6, 6.07) is 6.70. The Morgan fingerprint density at radius 2 is 2.04 bits per heavy atom. The lowest BCUT2D eigenvalue weighted by Gasteiger charge is -2.44. The van der Waals surface area contributed by atoms with E-state index in [-0.39, 0.29) is 23.7 Å². The van der Waals surface area contributed by atoms with E-state index in [2.05, 4.69) is 17.1 Å². The molecule has 5 nitrogen and oxygen atoms in total. The molecule has 2 fully saturated rings. The Morgan fingerprint density at radius 3 is 2.64 bits per heavy atom. The monoisotopic (exact) mass is 347 g/mol. The van der Waals surface area contributed by atoms with Crippen molar-refractivity contribution in [3.63, 3.8) is 0 Å². The summed E-state index contributed by atoms with van der Waals surface area (Å²) in [6.45, 7) is 7.49. The second-order valence-electron chi connectivity index (χ2n) is 7.55. The SMILES string of the molecule is C[C@@H]1CN(Cc2ccc(F)cc2)CCN1C(=O)[C@@]1(C)CCC(=O)NC1. The van der Waals surface area contributed by atoms with E-state index in [9.17, 15) is 14.0 Å². The molecule has 3 rings (SSSR count). The third-order valence-corrected chi connectivity index (χ3v) is 5.39. The zero-order chi connectivity index (χ0) is 18.0. The van der Waals surface area contributed by atoms with Crippen LogP contribution in [0.4, 0.5) is 4.39 Å². The van der Waals surface area contributed by atoms with Crippen LogP contribution in [0, 0.1) is 11.2 Å². The van der Waals surface area contributed by atoms with Gasteiger partial charge in [-0.2, -0.15) is 0 Å². The predicted octanol–water partition coefficient (Wildman–Crippen LogP) is 1.77. The van der Waals surface area contributed by atoms with Gasteiger partial charge in [-0.05, 0) is 38.0 Å². The van der Waals surface area contributed by atoms with Crippen LogP contribution in [0.15, 0.2) is 24.3 Å². The van der Waals surface area contributed by atoms with Crippen LogP contribution in [0.1, 0.15) is 32.3 Å². The number of amides is 2. The summed E-state index contributed by atoms with van der Waals surface area (Å²) < 4.78 is 13.0. The van der Waals surface area contributed by atoms with Gasteiger partial charge in [-0.1, -0.05) is 12.1 Å². The van der Waals surface area contributed by atoms with Gasteiger partial charge in [0.25, 0.3) is 0 Å². The van der Waals surface area contributed by atoms with Crippen LogP contribution in [0.25, 0.3) is 0 Å². The molecule has 0 unspecified atom stereocenters. The predicted molar refractivity (Wildman–Crippen MR) is 93.2 cm³/mol. The number of rotatable bonds is 3. The molecule has 0 aromatic heterocycles. The number of benzene rings is 1. The molecule has 0 saturated carbocycles. The largest absolute Gasteiger partial charge is 0.355 e. The summed E-state index contributed by atoms with van der Waals surface area (Å²) in [5.41, 5.74) is 0.580. The minimum absolute atomic E-state index is 0.0300. The smallest absolute Gasteiger partial charge is 0.230 e. The van der Waals surface area contributed by atoms with Crippen molar-refractivity contribution in [1.82, 2.24) is 15.1 Å². The molecule has 2 aliphatic heterocycles. The van der Waals surface area contributed by atoms with Crippen LogP contribution in [-0.2, 0) is 16.1 Å². The molecule has 6 heteroatoms. The lowest BCUT2D eigenvalue weighted by molar-refractivity contribution is -0.148. The third-order valence-electron chi connectivity index (χ3n) is 5.39. The fourth-order valence-electron chi connectivity index (χ4n) is 3.72. The second kappa shape index (κ2) is 7.12. The molecule has 2 saturated heterocycles. The number of halogens is 1. The maximum Gasteiger partial charge on any atom is 0.230 e. The van der Waals surface area contributed by atoms with Gasteiger partial charge in [0.1, 0.15) is 5.82 Å². The maximum absolute atomic E-state index is 13.0. The Morgan fingerprint density at radius 1 is 1.32 bits per heavy atom. The van der Waals surface area contributed by atoms with Gasteiger partial charge in [0.15, 0.2) is 0 Å². The van der Waals surface area contributed by atoms with Crippen molar-refractivity contribution in [2.75, 3.05) is 26.2 Å². The molecule has 0 bridgehead atoms. The Kier molecular flexibility index (Phi) is 5.08. The minimum atomic E-state index is -0.499. The first-order chi connectivity index (χ1) is 11.9. The van der Waals surface area contributed by atoms with E-state index >= 15 is 0 Å². The molecule has 1 aromatic carbocycles. The Bertz CT molecular complexity index is 637. The van der Waals surface area contributed by atoms with Crippen molar-refractivity contribution in [2.24, 2.45) is 5.41 Å². The number of carbonyl (C=O) groups excluding carboxylic acids is 2. The number of nitrogens with one attached hydrogen (secondary N) is 1. The number of carbonyl (C=O) groups is 2. The zero-order valence-corrected chi connectivity index (χ0v) is 14.9. The van der Waals surface area contributed by atoms with E-state index < -0.39 is 5.41 Å². The van der Waals surface area contributed by atoms with E-state index in [1.807, 2.05) is 24.0 Å². The summed E-state index contributed by atoms with van der Waals surface area (Å²) in [4.78, 5) is 28.6. The van der Waals surface area contributed by atoms with E-state index in [4.69, 9.17) is 0 Å². The van der Waals surface area contributed by atoms with Crippen molar-refractivity contribution >= 4 is 11.8 Å². The molecule has 0 aliphatic carbocycles. The Hall–Kier alpha value is -1.95. The minimum Gasteiger partial charge on any atom is -0.355 e. The van der Waals surface area contributed by atoms with Crippen molar-refractivity contribution < 1.29 is 14.0 Å². The molecule has 2 heterocycles. The molecule has 1 aromatic rings. The standard InChI is InChI=1S/C19H26FN3O2/c1-14-11-22(12-15-3-5-16(20)6-4-15)9-10-23(14)18(25)19(2)8-7-17(24)21-13-19/h3-6,14H,7-13H2,1-2H3,(H,21,24)/t14-,19+/m1/s1. The van der Waals surface area contributed by atoms with Crippen LogP contribution in [-0.4, -0.2) is 53.8 Å². The number of piperidine rings is 1. The quantitative estimate of drug-likeness (QED) is 0.907. The average Bonchev–Trinajstić information content (AvgIpc) is 2.59. The first-order valence-electron chi connectivity index (χ1n) is 8.92. The van der Waals surface area contributed by atoms with Gasteiger partial charge in [0.2, 0.25) is 11.8 Å². The number of hydrogen-bond donors (Lipinski definition) is 1. The molecular formula is C19H26FN3O2. The van der Waals surface area contributed by atoms with Gasteiger partial charge < -0.3 is 10.2 Å². The molecule has 0 spiro atoms. The van der Waals surface area contributed by atoms with Gasteiger partial charge in [0.05, 0.1) is 5.41 Å². The van der Waals surface area contributed by atoms with E-state index in [0.717, 1.165) is 25.2 Å². The fourth-order valence-corrected chi connectivity index (χ4v) is 3.72. The van der Waals surface area contributed by atoms with E-state index in [1.165, 1.54) is 12.1 Å². The summed E-state index contributed by atoms with van der Waals surface area (Å²) in [5.74, 6) is -0.0516. The fraction of sp³-hybridized carbons (Fsp3) is 0.579. The molecule has 0 radical (unpaired) electrons. The van der Waals surface area contributed by atoms with Crippen LogP contribution < -0.4 is 5.32 Å². The number of hydrogen-bond acceptors (Lipinski definition) is 3. The number of piperazine rings is 1. The third kappa shape index (κ3) is 4.00. The highest BCUT2D eigenvalue weighted by Crippen LogP contribution is 2.30. The van der Waals surface area contributed by atoms with Crippen molar-refractivity contribution in [3.05, 3.63) is 35.6 Å². The molecule has 2 atom stereocenters. The average molecular weight is 347 g/mol. The van der Waals surface area contributed by atoms with E-state index in [1.54, 1.807) is 0 Å². The normalized spacial score (nSPS) is 27.9. The molecule has 1 N–H and O–H groups in total. The molecular weight excluding hydrogens is 321 g/mol. The van der Waals surface area contributed by atoms with Crippen LogP contribution in [0.5, 0.6) is 0 Å². The summed E-state index contributed by atoms with van der Waals surface area (Å²) in [5, 5.41) is 2.83. The highest BCUT2D eigenvalue weighted by Gasteiger charge is 2.42. The van der Waals surface area contributed by atoms with Crippen LogP contribution in [0.2, 0.25) is 0 Å². The van der Waals surface area contributed by atoms with Gasteiger partial charge >= 0.3 is 0 Å². The summed E-state index contributed by atoms with van der Waals surface area (Å²) in [6.07, 6.45) is 1.03. The van der Waals surface area contributed by atoms with Crippen LogP contribution in [0.3, 0.4) is 0 Å². The van der Waals surface area contributed by atoms with E-state index in [0.29, 0.717) is 25.9 Å². The molecule has 136 valence electrons. The number of nitrogens with zero attached hydrogens (tertiary/aromatic N) is 2. The lowest BCUT2D eigenvalue weighted by Crippen LogP contribution is -2.59. The topological polar surface area (TPSA) is 52.7 Å². The zero-order valence-electron chi connectivity index (χ0n) is 14.9. The lowest BCUT2D eigenvalue weighted by atomic mass is 9.80. The highest BCUT2D eigenvalue weighted by atomic mass is 19.1. The Balaban J connectivity index is 1.58. The summed E-state index contributed by atoms with van der Waals surface area (Å²) >= 11 is 0. The first-order valence-corrected chi connectivity index (χ1v) is 8.92. The van der Waals surface area contributed by atoms with Gasteiger partial charge in [0, 0.05) is 45.2 Å². The maximum atomic E-state index is 13.0. The highest BCUT2D eigenvalue weighted by molar-refractivity contribution is 5.86.